The Balaban J connectivity index is 1.48. The van der Waals surface area contributed by atoms with Gasteiger partial charge in [0, 0.05) is 24.2 Å². The van der Waals surface area contributed by atoms with Crippen molar-refractivity contribution in [1.82, 2.24) is 5.32 Å². The molecule has 27 heavy (non-hydrogen) atoms. The van der Waals surface area contributed by atoms with Crippen molar-refractivity contribution in [3.05, 3.63) is 59.2 Å². The summed E-state index contributed by atoms with van der Waals surface area (Å²) in [7, 11) is 0. The van der Waals surface area contributed by atoms with E-state index in [-0.39, 0.29) is 11.8 Å². The lowest BCUT2D eigenvalue weighted by molar-refractivity contribution is -0.119. The van der Waals surface area contributed by atoms with E-state index in [9.17, 15) is 9.59 Å². The van der Waals surface area contributed by atoms with Crippen molar-refractivity contribution in [2.45, 2.75) is 33.1 Å². The van der Waals surface area contributed by atoms with Crippen LogP contribution in [-0.2, 0) is 4.79 Å². The van der Waals surface area contributed by atoms with Crippen LogP contribution in [0.3, 0.4) is 0 Å². The van der Waals surface area contributed by atoms with Crippen molar-refractivity contribution >= 4 is 17.5 Å². The van der Waals surface area contributed by atoms with Crippen LogP contribution >= 0.6 is 0 Å². The quantitative estimate of drug-likeness (QED) is 0.794. The van der Waals surface area contributed by atoms with Crippen LogP contribution in [-0.4, -0.2) is 31.5 Å². The fourth-order valence-electron chi connectivity index (χ4n) is 3.26. The van der Waals surface area contributed by atoms with Gasteiger partial charge in [-0.15, -0.1) is 0 Å². The molecule has 5 heteroatoms. The Morgan fingerprint density at radius 1 is 1.11 bits per heavy atom. The molecular weight excluding hydrogens is 340 g/mol. The second kappa shape index (κ2) is 8.71. The second-order valence-corrected chi connectivity index (χ2v) is 6.92. The molecule has 0 radical (unpaired) electrons. The van der Waals surface area contributed by atoms with E-state index in [1.165, 1.54) is 5.56 Å². The number of aryl methyl sites for hydroxylation is 2. The van der Waals surface area contributed by atoms with Gasteiger partial charge in [0.1, 0.15) is 12.4 Å². The first-order valence-corrected chi connectivity index (χ1v) is 9.43. The molecule has 0 saturated carbocycles. The maximum absolute atomic E-state index is 12.3. The van der Waals surface area contributed by atoms with Gasteiger partial charge in [-0.25, -0.2) is 0 Å². The lowest BCUT2D eigenvalue weighted by atomic mass is 10.1. The number of hydrogen-bond acceptors (Lipinski definition) is 3. The molecule has 0 atom stereocenters. The van der Waals surface area contributed by atoms with E-state index in [1.807, 2.05) is 38.1 Å². The zero-order valence-corrected chi connectivity index (χ0v) is 16.0. The number of anilines is 1. The third-order valence-corrected chi connectivity index (χ3v) is 4.74. The predicted molar refractivity (Wildman–Crippen MR) is 106 cm³/mol. The van der Waals surface area contributed by atoms with Crippen molar-refractivity contribution in [3.8, 4) is 5.75 Å². The predicted octanol–water partition coefficient (Wildman–Crippen LogP) is 3.63. The summed E-state index contributed by atoms with van der Waals surface area (Å²) >= 11 is 0. The number of piperidine rings is 1. The van der Waals surface area contributed by atoms with Crippen molar-refractivity contribution in [2.24, 2.45) is 0 Å². The first-order valence-electron chi connectivity index (χ1n) is 9.43. The molecule has 1 heterocycles. The van der Waals surface area contributed by atoms with E-state index < -0.39 is 0 Å². The Bertz CT molecular complexity index is 815. The largest absolute Gasteiger partial charge is 0.491 e. The summed E-state index contributed by atoms with van der Waals surface area (Å²) in [6.07, 6.45) is 2.58. The number of carbonyl (C=O) groups excluding carboxylic acids is 2. The van der Waals surface area contributed by atoms with Crippen LogP contribution in [0.4, 0.5) is 5.69 Å². The summed E-state index contributed by atoms with van der Waals surface area (Å²) in [6, 6.07) is 13.2. The highest BCUT2D eigenvalue weighted by Gasteiger charge is 2.19. The zero-order valence-electron chi connectivity index (χ0n) is 16.0. The molecule has 1 N–H and O–H groups in total. The van der Waals surface area contributed by atoms with Gasteiger partial charge in [0.05, 0.1) is 6.54 Å². The highest BCUT2D eigenvalue weighted by atomic mass is 16.5. The first kappa shape index (κ1) is 19.0. The van der Waals surface area contributed by atoms with Gasteiger partial charge >= 0.3 is 0 Å². The van der Waals surface area contributed by atoms with Crippen molar-refractivity contribution in [3.63, 3.8) is 0 Å². The first-order chi connectivity index (χ1) is 13.0. The minimum atomic E-state index is -0.143. The van der Waals surface area contributed by atoms with E-state index in [2.05, 4.69) is 11.4 Å². The molecule has 2 amide bonds. The monoisotopic (exact) mass is 366 g/mol. The molecule has 0 spiro atoms. The van der Waals surface area contributed by atoms with E-state index >= 15 is 0 Å². The number of carbonyl (C=O) groups is 2. The Hall–Kier alpha value is -2.82. The Morgan fingerprint density at radius 3 is 2.59 bits per heavy atom. The molecule has 0 aliphatic carbocycles. The number of ether oxygens (including phenoxy) is 1. The Kier molecular flexibility index (Phi) is 6.12. The van der Waals surface area contributed by atoms with Gasteiger partial charge < -0.3 is 15.0 Å². The smallest absolute Gasteiger partial charge is 0.251 e. The van der Waals surface area contributed by atoms with Crippen molar-refractivity contribution in [2.75, 3.05) is 24.6 Å². The summed E-state index contributed by atoms with van der Waals surface area (Å²) in [4.78, 5) is 26.0. The average molecular weight is 366 g/mol. The Labute approximate surface area is 160 Å². The SMILES string of the molecule is Cc1ccc(OCCNC(=O)c2ccc(N3CCCCC3=O)cc2)c(C)c1. The van der Waals surface area contributed by atoms with Crippen molar-refractivity contribution in [1.29, 1.82) is 0 Å². The molecular formula is C22H26N2O3. The van der Waals surface area contributed by atoms with Gasteiger partial charge in [-0.1, -0.05) is 17.7 Å². The third-order valence-electron chi connectivity index (χ3n) is 4.74. The number of amides is 2. The van der Waals surface area contributed by atoms with Gasteiger partial charge in [0.2, 0.25) is 5.91 Å². The molecule has 3 rings (SSSR count). The van der Waals surface area contributed by atoms with E-state index in [1.54, 1.807) is 17.0 Å². The van der Waals surface area contributed by atoms with Gasteiger partial charge in [0.25, 0.3) is 5.91 Å². The van der Waals surface area contributed by atoms with Crippen LogP contribution in [0.25, 0.3) is 0 Å². The fourth-order valence-corrected chi connectivity index (χ4v) is 3.26. The Morgan fingerprint density at radius 2 is 1.89 bits per heavy atom. The molecule has 142 valence electrons. The molecule has 1 saturated heterocycles. The van der Waals surface area contributed by atoms with Gasteiger partial charge in [-0.3, -0.25) is 9.59 Å². The number of nitrogens with one attached hydrogen (secondary N) is 1. The minimum absolute atomic E-state index is 0.143. The van der Waals surface area contributed by atoms with E-state index in [4.69, 9.17) is 4.74 Å². The molecule has 1 fully saturated rings. The van der Waals surface area contributed by atoms with Crippen LogP contribution in [0.5, 0.6) is 5.75 Å². The second-order valence-electron chi connectivity index (χ2n) is 6.92. The lowest BCUT2D eigenvalue weighted by Crippen LogP contribution is -2.35. The van der Waals surface area contributed by atoms with E-state index in [0.717, 1.165) is 36.4 Å². The van der Waals surface area contributed by atoms with Crippen LogP contribution in [0, 0.1) is 13.8 Å². The van der Waals surface area contributed by atoms with Crippen LogP contribution in [0.2, 0.25) is 0 Å². The normalized spacial score (nSPS) is 14.1. The fraction of sp³-hybridized carbons (Fsp3) is 0.364. The molecule has 2 aromatic rings. The summed E-state index contributed by atoms with van der Waals surface area (Å²) in [5, 5.41) is 2.86. The molecule has 2 aromatic carbocycles. The summed E-state index contributed by atoms with van der Waals surface area (Å²) < 4.78 is 5.73. The van der Waals surface area contributed by atoms with Gasteiger partial charge in [-0.2, -0.15) is 0 Å². The lowest BCUT2D eigenvalue weighted by Gasteiger charge is -2.26. The topological polar surface area (TPSA) is 58.6 Å². The highest BCUT2D eigenvalue weighted by molar-refractivity contribution is 5.96. The minimum Gasteiger partial charge on any atom is -0.491 e. The standard InChI is InChI=1S/C22H26N2O3/c1-16-6-11-20(17(2)15-16)27-14-12-23-22(26)18-7-9-19(10-8-18)24-13-4-3-5-21(24)25/h6-11,15H,3-5,12-14H2,1-2H3,(H,23,26). The van der Waals surface area contributed by atoms with Crippen molar-refractivity contribution < 1.29 is 14.3 Å². The van der Waals surface area contributed by atoms with E-state index in [0.29, 0.717) is 25.1 Å². The number of rotatable bonds is 6. The zero-order chi connectivity index (χ0) is 19.2. The molecule has 0 bridgehead atoms. The van der Waals surface area contributed by atoms with Crippen LogP contribution in [0.1, 0.15) is 40.7 Å². The number of hydrogen-bond donors (Lipinski definition) is 1. The van der Waals surface area contributed by atoms with Gasteiger partial charge in [0.15, 0.2) is 0 Å². The van der Waals surface area contributed by atoms with Crippen LogP contribution in [0.15, 0.2) is 42.5 Å². The highest BCUT2D eigenvalue weighted by Crippen LogP contribution is 2.21. The molecule has 0 unspecified atom stereocenters. The molecule has 0 aromatic heterocycles. The average Bonchev–Trinajstić information content (AvgIpc) is 2.67. The summed E-state index contributed by atoms with van der Waals surface area (Å²) in [5.41, 5.74) is 3.72. The summed E-state index contributed by atoms with van der Waals surface area (Å²) in [6.45, 7) is 5.65. The molecule has 1 aliphatic rings. The maximum atomic E-state index is 12.3. The number of nitrogens with zero attached hydrogens (tertiary/aromatic N) is 1. The van der Waals surface area contributed by atoms with Gasteiger partial charge in [-0.05, 0) is 62.6 Å². The summed E-state index contributed by atoms with van der Waals surface area (Å²) in [5.74, 6) is 0.850. The maximum Gasteiger partial charge on any atom is 0.251 e. The molecule has 1 aliphatic heterocycles. The number of benzene rings is 2. The third kappa shape index (κ3) is 4.88. The molecule has 5 nitrogen and oxygen atoms in total. The van der Waals surface area contributed by atoms with Crippen LogP contribution < -0.4 is 15.0 Å².